The average molecular weight is 166 g/mol. The zero-order valence-corrected chi connectivity index (χ0v) is 6.82. The Kier molecular flexibility index (Phi) is 2.74. The van der Waals surface area contributed by atoms with E-state index in [1.165, 1.54) is 12.3 Å². The minimum Gasteiger partial charge on any atom is -0.477 e. The Morgan fingerprint density at radius 2 is 2.42 bits per heavy atom. The first-order chi connectivity index (χ1) is 5.74. The maximum absolute atomic E-state index is 10.5. The van der Waals surface area contributed by atoms with Crippen molar-refractivity contribution in [1.82, 2.24) is 9.97 Å². The lowest BCUT2D eigenvalue weighted by molar-refractivity contribution is 0.0690. The molecule has 0 aliphatic carbocycles. The lowest BCUT2D eigenvalue weighted by Gasteiger charge is -1.97. The minimum absolute atomic E-state index is 0.0634. The molecular formula is C8H10N2O2. The summed E-state index contributed by atoms with van der Waals surface area (Å²) in [4.78, 5) is 18.3. The van der Waals surface area contributed by atoms with Crippen LogP contribution in [0.4, 0.5) is 0 Å². The first kappa shape index (κ1) is 8.64. The van der Waals surface area contributed by atoms with Crippen molar-refractivity contribution in [3.63, 3.8) is 0 Å². The third-order valence-electron chi connectivity index (χ3n) is 1.40. The van der Waals surface area contributed by atoms with Gasteiger partial charge in [0.05, 0.1) is 0 Å². The predicted octanol–water partition coefficient (Wildman–Crippen LogP) is 1.13. The second-order valence-corrected chi connectivity index (χ2v) is 2.41. The summed E-state index contributed by atoms with van der Waals surface area (Å²) >= 11 is 0. The van der Waals surface area contributed by atoms with Gasteiger partial charge in [0, 0.05) is 12.6 Å². The van der Waals surface area contributed by atoms with Crippen molar-refractivity contribution >= 4 is 5.97 Å². The molecule has 0 aromatic carbocycles. The standard InChI is InChI=1S/C8H10N2O2/c1-2-3-7-9-5-4-6(10-7)8(11)12/h4-5H,2-3H2,1H3,(H,11,12). The monoisotopic (exact) mass is 166 g/mol. The topological polar surface area (TPSA) is 63.1 Å². The molecule has 0 fully saturated rings. The minimum atomic E-state index is -1.00. The number of carboxylic acid groups (broad SMARTS) is 1. The van der Waals surface area contributed by atoms with E-state index in [0.29, 0.717) is 5.82 Å². The largest absolute Gasteiger partial charge is 0.477 e. The molecule has 0 radical (unpaired) electrons. The molecule has 0 saturated heterocycles. The van der Waals surface area contributed by atoms with Gasteiger partial charge in [-0.1, -0.05) is 6.92 Å². The van der Waals surface area contributed by atoms with Crippen LogP contribution in [-0.4, -0.2) is 21.0 Å². The predicted molar refractivity (Wildman–Crippen MR) is 43.0 cm³/mol. The molecule has 12 heavy (non-hydrogen) atoms. The highest BCUT2D eigenvalue weighted by atomic mass is 16.4. The van der Waals surface area contributed by atoms with E-state index in [0.717, 1.165) is 12.8 Å². The van der Waals surface area contributed by atoms with Crippen molar-refractivity contribution in [2.75, 3.05) is 0 Å². The molecule has 0 aliphatic rings. The molecule has 0 spiro atoms. The van der Waals surface area contributed by atoms with Gasteiger partial charge in [-0.3, -0.25) is 0 Å². The molecule has 0 bridgehead atoms. The zero-order valence-electron chi connectivity index (χ0n) is 6.82. The van der Waals surface area contributed by atoms with Crippen LogP contribution in [0.15, 0.2) is 12.3 Å². The highest BCUT2D eigenvalue weighted by Gasteiger charge is 2.04. The van der Waals surface area contributed by atoms with E-state index in [4.69, 9.17) is 5.11 Å². The van der Waals surface area contributed by atoms with Gasteiger partial charge in [0.1, 0.15) is 5.82 Å². The summed E-state index contributed by atoms with van der Waals surface area (Å²) in [7, 11) is 0. The first-order valence-electron chi connectivity index (χ1n) is 3.79. The first-order valence-corrected chi connectivity index (χ1v) is 3.79. The molecule has 0 atom stereocenters. The van der Waals surface area contributed by atoms with Crippen LogP contribution < -0.4 is 0 Å². The maximum atomic E-state index is 10.5. The van der Waals surface area contributed by atoms with Crippen molar-refractivity contribution in [3.8, 4) is 0 Å². The van der Waals surface area contributed by atoms with Crippen molar-refractivity contribution in [3.05, 3.63) is 23.8 Å². The molecule has 1 heterocycles. The normalized spacial score (nSPS) is 9.75. The quantitative estimate of drug-likeness (QED) is 0.731. The number of hydrogen-bond donors (Lipinski definition) is 1. The third kappa shape index (κ3) is 2.02. The number of hydrogen-bond acceptors (Lipinski definition) is 3. The number of carboxylic acids is 1. The molecule has 0 amide bonds. The van der Waals surface area contributed by atoms with Crippen molar-refractivity contribution in [1.29, 1.82) is 0 Å². The Bertz CT molecular complexity index is 286. The fourth-order valence-electron chi connectivity index (χ4n) is 0.862. The molecule has 4 heteroatoms. The van der Waals surface area contributed by atoms with Crippen LogP contribution in [0, 0.1) is 0 Å². The van der Waals surface area contributed by atoms with Gasteiger partial charge >= 0.3 is 5.97 Å². The summed E-state index contributed by atoms with van der Waals surface area (Å²) in [5.41, 5.74) is 0.0634. The molecule has 0 unspecified atom stereocenters. The van der Waals surface area contributed by atoms with E-state index in [1.807, 2.05) is 6.92 Å². The molecule has 0 saturated carbocycles. The maximum Gasteiger partial charge on any atom is 0.354 e. The van der Waals surface area contributed by atoms with Crippen LogP contribution in [0.5, 0.6) is 0 Å². The van der Waals surface area contributed by atoms with E-state index in [1.54, 1.807) is 0 Å². The van der Waals surface area contributed by atoms with Gasteiger partial charge in [-0.25, -0.2) is 14.8 Å². The van der Waals surface area contributed by atoms with Gasteiger partial charge in [0.15, 0.2) is 5.69 Å². The van der Waals surface area contributed by atoms with Crippen LogP contribution in [-0.2, 0) is 6.42 Å². The van der Waals surface area contributed by atoms with Crippen molar-refractivity contribution < 1.29 is 9.90 Å². The number of nitrogens with zero attached hydrogens (tertiary/aromatic N) is 2. The van der Waals surface area contributed by atoms with Gasteiger partial charge in [-0.2, -0.15) is 0 Å². The lowest BCUT2D eigenvalue weighted by atomic mass is 10.3. The van der Waals surface area contributed by atoms with E-state index in [9.17, 15) is 4.79 Å². The molecule has 1 rings (SSSR count). The van der Waals surface area contributed by atoms with Crippen LogP contribution in [0.1, 0.15) is 29.7 Å². The van der Waals surface area contributed by atoms with E-state index in [2.05, 4.69) is 9.97 Å². The SMILES string of the molecule is CCCc1nccc(C(=O)O)n1. The van der Waals surface area contributed by atoms with Gasteiger partial charge in [-0.15, -0.1) is 0 Å². The summed E-state index contributed by atoms with van der Waals surface area (Å²) in [5, 5.41) is 8.59. The van der Waals surface area contributed by atoms with Crippen LogP contribution in [0.2, 0.25) is 0 Å². The number of rotatable bonds is 3. The van der Waals surface area contributed by atoms with E-state index >= 15 is 0 Å². The Balaban J connectivity index is 2.88. The molecule has 0 aliphatic heterocycles. The highest BCUT2D eigenvalue weighted by Crippen LogP contribution is 1.98. The van der Waals surface area contributed by atoms with Gasteiger partial charge < -0.3 is 5.11 Å². The molecule has 1 N–H and O–H groups in total. The Morgan fingerprint density at radius 3 is 3.00 bits per heavy atom. The zero-order chi connectivity index (χ0) is 8.97. The Labute approximate surface area is 70.3 Å². The number of carbonyl (C=O) groups is 1. The second kappa shape index (κ2) is 3.80. The van der Waals surface area contributed by atoms with Gasteiger partial charge in [0.25, 0.3) is 0 Å². The van der Waals surface area contributed by atoms with Crippen molar-refractivity contribution in [2.24, 2.45) is 0 Å². The second-order valence-electron chi connectivity index (χ2n) is 2.41. The number of aromatic carboxylic acids is 1. The summed E-state index contributed by atoms with van der Waals surface area (Å²) in [6.45, 7) is 2.00. The fraction of sp³-hybridized carbons (Fsp3) is 0.375. The smallest absolute Gasteiger partial charge is 0.354 e. The van der Waals surface area contributed by atoms with Crippen LogP contribution >= 0.6 is 0 Å². The lowest BCUT2D eigenvalue weighted by Crippen LogP contribution is -2.04. The molecule has 4 nitrogen and oxygen atoms in total. The summed E-state index contributed by atoms with van der Waals surface area (Å²) < 4.78 is 0. The van der Waals surface area contributed by atoms with E-state index in [-0.39, 0.29) is 5.69 Å². The molecule has 1 aromatic heterocycles. The molecule has 64 valence electrons. The molecular weight excluding hydrogens is 156 g/mol. The van der Waals surface area contributed by atoms with Gasteiger partial charge in [-0.05, 0) is 12.5 Å². The van der Waals surface area contributed by atoms with Crippen LogP contribution in [0.25, 0.3) is 0 Å². The van der Waals surface area contributed by atoms with Gasteiger partial charge in [0.2, 0.25) is 0 Å². The van der Waals surface area contributed by atoms with E-state index < -0.39 is 5.97 Å². The van der Waals surface area contributed by atoms with Crippen LogP contribution in [0.3, 0.4) is 0 Å². The summed E-state index contributed by atoms with van der Waals surface area (Å²) in [6.07, 6.45) is 3.12. The average Bonchev–Trinajstić information content (AvgIpc) is 2.05. The Hall–Kier alpha value is -1.45. The molecule has 1 aromatic rings. The fourth-order valence-corrected chi connectivity index (χ4v) is 0.862. The summed E-state index contributed by atoms with van der Waals surface area (Å²) in [6, 6.07) is 1.39. The number of aromatic nitrogens is 2. The third-order valence-corrected chi connectivity index (χ3v) is 1.40. The highest BCUT2D eigenvalue weighted by molar-refractivity contribution is 5.85. The van der Waals surface area contributed by atoms with Crippen molar-refractivity contribution in [2.45, 2.75) is 19.8 Å². The summed E-state index contributed by atoms with van der Waals surface area (Å²) in [5.74, 6) is -0.410. The number of aryl methyl sites for hydroxylation is 1. The Morgan fingerprint density at radius 1 is 1.67 bits per heavy atom.